The highest BCUT2D eigenvalue weighted by Crippen LogP contribution is 2.19. The first-order valence-corrected chi connectivity index (χ1v) is 8.12. The number of amides is 2. The first-order valence-electron chi connectivity index (χ1n) is 8.12. The number of pyridine rings is 1. The van der Waals surface area contributed by atoms with Gasteiger partial charge in [0.1, 0.15) is 11.6 Å². The Morgan fingerprint density at radius 3 is 3.08 bits per heavy atom. The number of fused-ring (bicyclic) bond motifs is 1. The van der Waals surface area contributed by atoms with E-state index in [-0.39, 0.29) is 11.8 Å². The monoisotopic (exact) mass is 328 g/mol. The summed E-state index contributed by atoms with van der Waals surface area (Å²) in [5, 5.41) is 5.99. The summed E-state index contributed by atoms with van der Waals surface area (Å²) in [5.41, 5.74) is 2.65. The van der Waals surface area contributed by atoms with Crippen LogP contribution in [0.15, 0.2) is 36.4 Å². The molecule has 126 valence electrons. The minimum atomic E-state index is -0.374. The van der Waals surface area contributed by atoms with Gasteiger partial charge in [-0.1, -0.05) is 12.1 Å². The van der Waals surface area contributed by atoms with Crippen molar-refractivity contribution in [2.75, 3.05) is 30.8 Å². The van der Waals surface area contributed by atoms with Crippen molar-refractivity contribution in [2.45, 2.75) is 19.3 Å². The number of aromatic nitrogens is 1. The lowest BCUT2D eigenvalue weighted by Crippen LogP contribution is -2.33. The fourth-order valence-electron chi connectivity index (χ4n) is 2.68. The van der Waals surface area contributed by atoms with E-state index in [4.69, 9.17) is 0 Å². The molecule has 5 nitrogen and oxygen atoms in total. The summed E-state index contributed by atoms with van der Waals surface area (Å²) in [6, 6.07) is 9.72. The highest BCUT2D eigenvalue weighted by Gasteiger charge is 2.12. The summed E-state index contributed by atoms with van der Waals surface area (Å²) in [4.78, 5) is 18.3. The molecule has 3 rings (SSSR count). The molecule has 0 bridgehead atoms. The predicted octanol–water partition coefficient (Wildman–Crippen LogP) is 3.29. The van der Waals surface area contributed by atoms with Crippen LogP contribution in [-0.2, 0) is 12.8 Å². The minimum absolute atomic E-state index is 0.267. The zero-order chi connectivity index (χ0) is 16.9. The second-order valence-corrected chi connectivity index (χ2v) is 5.95. The second-order valence-electron chi connectivity index (χ2n) is 5.95. The van der Waals surface area contributed by atoms with Crippen LogP contribution in [0.1, 0.15) is 17.7 Å². The van der Waals surface area contributed by atoms with Crippen LogP contribution in [0.3, 0.4) is 0 Å². The number of carbonyl (C=O) groups excluding carboxylic acids is 1. The Bertz CT molecular complexity index is 735. The van der Waals surface area contributed by atoms with E-state index >= 15 is 0 Å². The number of likely N-dealkylation sites (N-methyl/N-ethyl adjacent to an activating group) is 1. The Balaban J connectivity index is 1.55. The van der Waals surface area contributed by atoms with Gasteiger partial charge in [0.05, 0.1) is 0 Å². The predicted molar refractivity (Wildman–Crippen MR) is 92.8 cm³/mol. The first kappa shape index (κ1) is 16.2. The van der Waals surface area contributed by atoms with E-state index in [2.05, 4.69) is 21.7 Å². The number of rotatable bonds is 4. The summed E-state index contributed by atoms with van der Waals surface area (Å²) in [7, 11) is 1.71. The van der Waals surface area contributed by atoms with E-state index in [0.717, 1.165) is 30.9 Å². The van der Waals surface area contributed by atoms with Crippen LogP contribution in [0.4, 0.5) is 20.7 Å². The lowest BCUT2D eigenvalue weighted by molar-refractivity contribution is 0.223. The molecule has 2 heterocycles. The van der Waals surface area contributed by atoms with Crippen molar-refractivity contribution in [2.24, 2.45) is 0 Å². The Labute approximate surface area is 140 Å². The van der Waals surface area contributed by atoms with Gasteiger partial charge in [-0.15, -0.1) is 0 Å². The summed E-state index contributed by atoms with van der Waals surface area (Å²) >= 11 is 0. The van der Waals surface area contributed by atoms with Crippen molar-refractivity contribution in [3.8, 4) is 0 Å². The first-order chi connectivity index (χ1) is 11.6. The van der Waals surface area contributed by atoms with Crippen LogP contribution in [0, 0.1) is 5.82 Å². The van der Waals surface area contributed by atoms with Crippen LogP contribution in [0.5, 0.6) is 0 Å². The number of nitrogens with one attached hydrogen (secondary N) is 2. The van der Waals surface area contributed by atoms with Crippen molar-refractivity contribution in [3.63, 3.8) is 0 Å². The molecule has 0 spiro atoms. The van der Waals surface area contributed by atoms with Gasteiger partial charge in [0.25, 0.3) is 0 Å². The molecule has 0 radical (unpaired) electrons. The van der Waals surface area contributed by atoms with Crippen molar-refractivity contribution >= 4 is 17.5 Å². The van der Waals surface area contributed by atoms with Gasteiger partial charge in [-0.3, -0.25) is 0 Å². The highest BCUT2D eigenvalue weighted by atomic mass is 19.1. The van der Waals surface area contributed by atoms with Gasteiger partial charge in [0.2, 0.25) is 0 Å². The molecule has 0 fully saturated rings. The summed E-state index contributed by atoms with van der Waals surface area (Å²) in [6.07, 6.45) is 2.87. The number of halogens is 1. The molecule has 0 atom stereocenters. The molecular weight excluding hydrogens is 307 g/mol. The average molecular weight is 328 g/mol. The number of hydrogen-bond donors (Lipinski definition) is 2. The molecule has 2 N–H and O–H groups in total. The second kappa shape index (κ2) is 7.29. The molecule has 1 aliphatic rings. The summed E-state index contributed by atoms with van der Waals surface area (Å²) < 4.78 is 13.1. The maximum Gasteiger partial charge on any atom is 0.321 e. The standard InChI is InChI=1S/C18H21FN4O/c1-23(18(24)22-16-6-2-5-14(19)12-16)11-9-15-8-7-13-4-3-10-20-17(13)21-15/h2,5-8,12H,3-4,9-11H2,1H3,(H,20,21)(H,22,24). The molecule has 0 saturated heterocycles. The third-order valence-electron chi connectivity index (χ3n) is 4.08. The Morgan fingerprint density at radius 2 is 2.25 bits per heavy atom. The van der Waals surface area contributed by atoms with Gasteiger partial charge in [0, 0.05) is 37.9 Å². The molecule has 1 aromatic carbocycles. The number of urea groups is 1. The maximum atomic E-state index is 13.1. The van der Waals surface area contributed by atoms with E-state index in [1.54, 1.807) is 24.1 Å². The quantitative estimate of drug-likeness (QED) is 0.905. The third kappa shape index (κ3) is 4.01. The van der Waals surface area contributed by atoms with Gasteiger partial charge in [-0.2, -0.15) is 0 Å². The van der Waals surface area contributed by atoms with E-state index in [1.165, 1.54) is 17.7 Å². The van der Waals surface area contributed by atoms with Crippen LogP contribution >= 0.6 is 0 Å². The summed E-state index contributed by atoms with van der Waals surface area (Å²) in [5.74, 6) is 0.590. The molecule has 0 aliphatic carbocycles. The van der Waals surface area contributed by atoms with Crippen molar-refractivity contribution < 1.29 is 9.18 Å². The van der Waals surface area contributed by atoms with Crippen LogP contribution in [0.2, 0.25) is 0 Å². The van der Waals surface area contributed by atoms with Crippen LogP contribution < -0.4 is 10.6 Å². The fraction of sp³-hybridized carbons (Fsp3) is 0.333. The zero-order valence-electron chi connectivity index (χ0n) is 13.7. The SMILES string of the molecule is CN(CCc1ccc2c(n1)NCCC2)C(=O)Nc1cccc(F)c1. The Morgan fingerprint density at radius 1 is 1.38 bits per heavy atom. The molecule has 6 heteroatoms. The molecular formula is C18H21FN4O. The number of benzene rings is 1. The third-order valence-corrected chi connectivity index (χ3v) is 4.08. The highest BCUT2D eigenvalue weighted by molar-refractivity contribution is 5.89. The smallest absolute Gasteiger partial charge is 0.321 e. The molecule has 2 aromatic rings. The van der Waals surface area contributed by atoms with Gasteiger partial charge in [-0.25, -0.2) is 14.2 Å². The Hall–Kier alpha value is -2.63. The van der Waals surface area contributed by atoms with Gasteiger partial charge < -0.3 is 15.5 Å². The summed E-state index contributed by atoms with van der Waals surface area (Å²) in [6.45, 7) is 1.49. The van der Waals surface area contributed by atoms with Gasteiger partial charge >= 0.3 is 6.03 Å². The van der Waals surface area contributed by atoms with Gasteiger partial charge in [0.15, 0.2) is 0 Å². The fourth-order valence-corrected chi connectivity index (χ4v) is 2.68. The molecule has 1 aliphatic heterocycles. The number of aryl methyl sites for hydroxylation is 1. The number of hydrogen-bond acceptors (Lipinski definition) is 3. The lowest BCUT2D eigenvalue weighted by Gasteiger charge is -2.20. The van der Waals surface area contributed by atoms with Gasteiger partial charge in [-0.05, 0) is 42.7 Å². The molecule has 0 unspecified atom stereocenters. The molecule has 1 aromatic heterocycles. The molecule has 24 heavy (non-hydrogen) atoms. The number of nitrogens with zero attached hydrogens (tertiary/aromatic N) is 2. The minimum Gasteiger partial charge on any atom is -0.370 e. The topological polar surface area (TPSA) is 57.3 Å². The van der Waals surface area contributed by atoms with E-state index < -0.39 is 0 Å². The van der Waals surface area contributed by atoms with Crippen LogP contribution in [-0.4, -0.2) is 36.1 Å². The Kier molecular flexibility index (Phi) is 4.93. The van der Waals surface area contributed by atoms with E-state index in [1.807, 2.05) is 6.07 Å². The van der Waals surface area contributed by atoms with Crippen molar-refractivity contribution in [3.05, 3.63) is 53.5 Å². The van der Waals surface area contributed by atoms with Crippen LogP contribution in [0.25, 0.3) is 0 Å². The average Bonchev–Trinajstić information content (AvgIpc) is 2.59. The van der Waals surface area contributed by atoms with Crippen molar-refractivity contribution in [1.82, 2.24) is 9.88 Å². The number of anilines is 2. The van der Waals surface area contributed by atoms with E-state index in [0.29, 0.717) is 18.7 Å². The lowest BCUT2D eigenvalue weighted by atomic mass is 10.1. The normalized spacial score (nSPS) is 12.9. The largest absolute Gasteiger partial charge is 0.370 e. The number of carbonyl (C=O) groups is 1. The zero-order valence-corrected chi connectivity index (χ0v) is 13.7. The van der Waals surface area contributed by atoms with E-state index in [9.17, 15) is 9.18 Å². The molecule has 2 amide bonds. The van der Waals surface area contributed by atoms with Crippen molar-refractivity contribution in [1.29, 1.82) is 0 Å². The maximum absolute atomic E-state index is 13.1. The molecule has 0 saturated carbocycles.